The monoisotopic (exact) mass is 600 g/mol. The van der Waals surface area contributed by atoms with E-state index in [2.05, 4.69) is 33.5 Å². The first-order valence-corrected chi connectivity index (χ1v) is 14.7. The lowest BCUT2D eigenvalue weighted by Crippen LogP contribution is -2.52. The molecule has 0 aliphatic rings. The Morgan fingerprint density at radius 2 is 1.59 bits per heavy atom. The Hall–Kier alpha value is -3.76. The molecule has 0 saturated heterocycles. The molecule has 0 saturated carbocycles. The quantitative estimate of drug-likeness (QED) is 0.0680. The van der Waals surface area contributed by atoms with E-state index >= 15 is 0 Å². The highest BCUT2D eigenvalue weighted by atomic mass is 32.2. The molecular weight excluding hydrogens is 560 g/mol. The Balaban J connectivity index is 2.49. The van der Waals surface area contributed by atoms with Crippen molar-refractivity contribution < 1.29 is 42.0 Å². The highest BCUT2D eigenvalue weighted by molar-refractivity contribution is 7.85. The minimum absolute atomic E-state index is 0.188. The van der Waals surface area contributed by atoms with Crippen LogP contribution in [0.1, 0.15) is 55.8 Å². The zero-order chi connectivity index (χ0) is 31.0. The smallest absolute Gasteiger partial charge is 0.326 e. The van der Waals surface area contributed by atoms with Crippen molar-refractivity contribution in [2.24, 2.45) is 5.73 Å². The van der Waals surface area contributed by atoms with Crippen LogP contribution in [0.4, 0.5) is 5.69 Å². The number of carboxylic acids is 1. The lowest BCUT2D eigenvalue weighted by molar-refractivity contribution is -0.142. The number of nitrogens with two attached hydrogens (primary N) is 1. The van der Waals surface area contributed by atoms with E-state index in [4.69, 9.17) is 10.3 Å². The largest absolute Gasteiger partial charge is 0.480 e. The highest BCUT2D eigenvalue weighted by Crippen LogP contribution is 2.10. The SMILES string of the molecule is CCCNc1ccc(C(=O)NCCCC[C@H](NC(=O)CCC(NC(=O)C(CS(=O)(=O)O)NC)C(=O)O)C(N)=O)cc1. The third kappa shape index (κ3) is 14.4. The number of carbonyl (C=O) groups is 5. The predicted molar refractivity (Wildman–Crippen MR) is 151 cm³/mol. The Morgan fingerprint density at radius 3 is 2.12 bits per heavy atom. The summed E-state index contributed by atoms with van der Waals surface area (Å²) in [7, 11) is -3.27. The molecule has 0 fully saturated rings. The van der Waals surface area contributed by atoms with Gasteiger partial charge >= 0.3 is 5.97 Å². The summed E-state index contributed by atoms with van der Waals surface area (Å²) in [6, 6.07) is 3.09. The number of unbranched alkanes of at least 4 members (excludes halogenated alkanes) is 1. The molecule has 2 unspecified atom stereocenters. The van der Waals surface area contributed by atoms with Crippen molar-refractivity contribution in [2.45, 2.75) is 63.6 Å². The van der Waals surface area contributed by atoms with Gasteiger partial charge < -0.3 is 37.4 Å². The average Bonchev–Trinajstić information content (AvgIpc) is 2.91. The number of anilines is 1. The van der Waals surface area contributed by atoms with Crippen LogP contribution in [-0.2, 0) is 29.3 Å². The molecule has 0 aliphatic heterocycles. The standard InChI is InChI=1S/C25H40N6O9S/c1-3-13-28-17-9-7-16(8-10-17)23(34)29-14-5-4-6-18(22(26)33)30-21(32)12-11-19(25(36)37)31-24(35)20(27-2)15-41(38,39)40/h7-10,18-20,27-28H,3-6,11-15H2,1-2H3,(H2,26,33)(H,29,34)(H,30,32)(H,31,35)(H,36,37)(H,38,39,40)/t18-,19?,20?/m0/s1. The summed E-state index contributed by atoms with van der Waals surface area (Å²) in [5.74, 6) is -5.15. The number of nitrogens with one attached hydrogen (secondary N) is 5. The number of hydrogen-bond acceptors (Lipinski definition) is 9. The van der Waals surface area contributed by atoms with Crippen LogP contribution in [0, 0.1) is 0 Å². The second-order valence-electron chi connectivity index (χ2n) is 9.31. The fourth-order valence-electron chi connectivity index (χ4n) is 3.64. The number of rotatable bonds is 20. The van der Waals surface area contributed by atoms with Crippen LogP contribution >= 0.6 is 0 Å². The van der Waals surface area contributed by atoms with E-state index in [-0.39, 0.29) is 25.2 Å². The van der Waals surface area contributed by atoms with E-state index in [1.165, 1.54) is 7.05 Å². The van der Waals surface area contributed by atoms with Crippen molar-refractivity contribution in [3.63, 3.8) is 0 Å². The molecule has 9 N–H and O–H groups in total. The second kappa shape index (κ2) is 17.8. The maximum Gasteiger partial charge on any atom is 0.326 e. The summed E-state index contributed by atoms with van der Waals surface area (Å²) >= 11 is 0. The minimum atomic E-state index is -4.52. The van der Waals surface area contributed by atoms with Crippen molar-refractivity contribution >= 4 is 45.4 Å². The van der Waals surface area contributed by atoms with Crippen LogP contribution in [0.15, 0.2) is 24.3 Å². The van der Waals surface area contributed by atoms with Gasteiger partial charge in [-0.25, -0.2) is 4.79 Å². The molecule has 230 valence electrons. The highest BCUT2D eigenvalue weighted by Gasteiger charge is 2.28. The number of hydrogen-bond donors (Lipinski definition) is 8. The van der Waals surface area contributed by atoms with Gasteiger partial charge in [0.05, 0.1) is 5.75 Å². The van der Waals surface area contributed by atoms with Gasteiger partial charge in [0, 0.05) is 30.8 Å². The molecule has 1 rings (SSSR count). The molecule has 1 aromatic carbocycles. The Labute approximate surface area is 239 Å². The normalized spacial score (nSPS) is 13.3. The lowest BCUT2D eigenvalue weighted by atomic mass is 10.1. The second-order valence-corrected chi connectivity index (χ2v) is 10.8. The first-order valence-electron chi connectivity index (χ1n) is 13.1. The van der Waals surface area contributed by atoms with E-state index in [9.17, 15) is 37.5 Å². The predicted octanol–water partition coefficient (Wildman–Crippen LogP) is -0.796. The first-order chi connectivity index (χ1) is 19.3. The van der Waals surface area contributed by atoms with Crippen LogP contribution in [0.3, 0.4) is 0 Å². The van der Waals surface area contributed by atoms with Gasteiger partial charge in [-0.2, -0.15) is 8.42 Å². The van der Waals surface area contributed by atoms with Crippen LogP contribution in [0.2, 0.25) is 0 Å². The van der Waals surface area contributed by atoms with Crippen molar-refractivity contribution in [3.05, 3.63) is 29.8 Å². The fraction of sp³-hybridized carbons (Fsp3) is 0.560. The summed E-state index contributed by atoms with van der Waals surface area (Å²) in [6.45, 7) is 3.22. The summed E-state index contributed by atoms with van der Waals surface area (Å²) in [6.07, 6.45) is 1.38. The van der Waals surface area contributed by atoms with Crippen LogP contribution in [-0.4, -0.2) is 91.7 Å². The maximum absolute atomic E-state index is 12.4. The van der Waals surface area contributed by atoms with Crippen molar-refractivity contribution in [3.8, 4) is 0 Å². The fourth-order valence-corrected chi connectivity index (χ4v) is 4.38. The first kappa shape index (κ1) is 35.3. The zero-order valence-electron chi connectivity index (χ0n) is 23.1. The number of carbonyl (C=O) groups excluding carboxylic acids is 4. The molecule has 0 aliphatic carbocycles. The van der Waals surface area contributed by atoms with E-state index in [0.29, 0.717) is 24.9 Å². The van der Waals surface area contributed by atoms with Gasteiger partial charge in [-0.1, -0.05) is 6.92 Å². The van der Waals surface area contributed by atoms with E-state index in [1.807, 2.05) is 12.1 Å². The topological polar surface area (TPSA) is 246 Å². The van der Waals surface area contributed by atoms with E-state index in [0.717, 1.165) is 18.7 Å². The van der Waals surface area contributed by atoms with Gasteiger partial charge in [0.2, 0.25) is 17.7 Å². The Morgan fingerprint density at radius 1 is 0.927 bits per heavy atom. The van der Waals surface area contributed by atoms with E-state index < -0.39 is 57.7 Å². The van der Waals surface area contributed by atoms with Gasteiger partial charge in [-0.15, -0.1) is 0 Å². The molecule has 0 bridgehead atoms. The molecule has 3 atom stereocenters. The Bertz CT molecular complexity index is 1140. The number of carboxylic acid groups (broad SMARTS) is 1. The number of amides is 4. The molecule has 0 radical (unpaired) electrons. The van der Waals surface area contributed by atoms with Gasteiger partial charge in [0.1, 0.15) is 18.1 Å². The molecular formula is C25H40N6O9S. The van der Waals surface area contributed by atoms with E-state index in [1.54, 1.807) is 12.1 Å². The lowest BCUT2D eigenvalue weighted by Gasteiger charge is -2.20. The molecule has 15 nitrogen and oxygen atoms in total. The van der Waals surface area contributed by atoms with Crippen molar-refractivity contribution in [1.82, 2.24) is 21.3 Å². The summed E-state index contributed by atoms with van der Waals surface area (Å²) in [5, 5.41) is 22.3. The molecule has 16 heteroatoms. The third-order valence-corrected chi connectivity index (χ3v) is 6.68. The number of aliphatic carboxylic acids is 1. The summed E-state index contributed by atoms with van der Waals surface area (Å²) < 4.78 is 31.0. The maximum atomic E-state index is 12.4. The third-order valence-electron chi connectivity index (χ3n) is 5.93. The zero-order valence-corrected chi connectivity index (χ0v) is 24.0. The van der Waals surface area contributed by atoms with Gasteiger partial charge in [-0.3, -0.25) is 23.7 Å². The molecule has 41 heavy (non-hydrogen) atoms. The van der Waals surface area contributed by atoms with Gasteiger partial charge in [0.15, 0.2) is 0 Å². The van der Waals surface area contributed by atoms with Gasteiger partial charge in [-0.05, 0) is 63.4 Å². The van der Waals surface area contributed by atoms with Crippen molar-refractivity contribution in [2.75, 3.05) is 31.2 Å². The Kier molecular flexibility index (Phi) is 15.3. The molecule has 0 aromatic heterocycles. The summed E-state index contributed by atoms with van der Waals surface area (Å²) in [4.78, 5) is 60.2. The van der Waals surface area contributed by atoms with Crippen LogP contribution < -0.4 is 32.3 Å². The van der Waals surface area contributed by atoms with Gasteiger partial charge in [0.25, 0.3) is 16.0 Å². The number of primary amides is 1. The van der Waals surface area contributed by atoms with Crippen LogP contribution in [0.25, 0.3) is 0 Å². The number of benzene rings is 1. The molecule has 4 amide bonds. The minimum Gasteiger partial charge on any atom is -0.480 e. The molecule has 1 aromatic rings. The summed E-state index contributed by atoms with van der Waals surface area (Å²) in [5.41, 5.74) is 6.80. The molecule has 0 heterocycles. The molecule has 0 spiro atoms. The number of likely N-dealkylation sites (N-methyl/N-ethyl adjacent to an activating group) is 1. The average molecular weight is 601 g/mol. The van der Waals surface area contributed by atoms with Crippen LogP contribution in [0.5, 0.6) is 0 Å². The van der Waals surface area contributed by atoms with Crippen molar-refractivity contribution in [1.29, 1.82) is 0 Å².